The number of thiazole rings is 1. The molecule has 0 saturated heterocycles. The van der Waals surface area contributed by atoms with Gasteiger partial charge in [-0.15, -0.1) is 22.9 Å². The lowest BCUT2D eigenvalue weighted by Crippen LogP contribution is -2.35. The molecule has 1 fully saturated rings. The summed E-state index contributed by atoms with van der Waals surface area (Å²) in [6, 6.07) is 0.673. The van der Waals surface area contributed by atoms with Crippen LogP contribution in [-0.2, 0) is 5.88 Å². The number of hydrogen-bond donors (Lipinski definition) is 0. The number of anilines is 1. The summed E-state index contributed by atoms with van der Waals surface area (Å²) in [6.45, 7) is 2.31. The Morgan fingerprint density at radius 1 is 1.41 bits per heavy atom. The number of halogens is 1. The van der Waals surface area contributed by atoms with E-state index in [1.807, 2.05) is 0 Å². The van der Waals surface area contributed by atoms with Crippen LogP contribution in [-0.4, -0.2) is 18.1 Å². The van der Waals surface area contributed by atoms with E-state index in [4.69, 9.17) is 11.6 Å². The van der Waals surface area contributed by atoms with E-state index in [0.717, 1.165) is 16.7 Å². The summed E-state index contributed by atoms with van der Waals surface area (Å²) < 4.78 is 0. The standard InChI is InChI=1S/C13H21ClN2S/c1-3-10-4-6-12(7-5-10)16(2)13-15-11(8-14)9-17-13/h9-10,12H,3-8H2,1-2H3. The molecule has 0 atom stereocenters. The third kappa shape index (κ3) is 3.14. The second-order valence-corrected chi connectivity index (χ2v) is 6.05. The Morgan fingerprint density at radius 2 is 2.12 bits per heavy atom. The highest BCUT2D eigenvalue weighted by molar-refractivity contribution is 7.13. The smallest absolute Gasteiger partial charge is 0.185 e. The van der Waals surface area contributed by atoms with Gasteiger partial charge in [0.15, 0.2) is 5.13 Å². The molecule has 17 heavy (non-hydrogen) atoms. The van der Waals surface area contributed by atoms with Gasteiger partial charge in [-0.1, -0.05) is 13.3 Å². The van der Waals surface area contributed by atoms with Crippen LogP contribution < -0.4 is 4.90 Å². The molecule has 1 aliphatic carbocycles. The molecule has 0 aliphatic heterocycles. The molecule has 96 valence electrons. The van der Waals surface area contributed by atoms with Crippen molar-refractivity contribution in [1.29, 1.82) is 0 Å². The van der Waals surface area contributed by atoms with Gasteiger partial charge in [0.2, 0.25) is 0 Å². The summed E-state index contributed by atoms with van der Waals surface area (Å²) >= 11 is 7.51. The fourth-order valence-electron chi connectivity index (χ4n) is 2.62. The highest BCUT2D eigenvalue weighted by Crippen LogP contribution is 2.32. The molecule has 0 amide bonds. The van der Waals surface area contributed by atoms with Gasteiger partial charge in [-0.2, -0.15) is 0 Å². The van der Waals surface area contributed by atoms with Crippen molar-refractivity contribution in [2.24, 2.45) is 5.92 Å². The Labute approximate surface area is 113 Å². The summed E-state index contributed by atoms with van der Waals surface area (Å²) in [7, 11) is 2.17. The molecule has 1 aliphatic rings. The minimum Gasteiger partial charge on any atom is -0.348 e. The van der Waals surface area contributed by atoms with E-state index in [9.17, 15) is 0 Å². The van der Waals surface area contributed by atoms with Crippen LogP contribution in [0, 0.1) is 5.92 Å². The zero-order chi connectivity index (χ0) is 12.3. The van der Waals surface area contributed by atoms with Crippen molar-refractivity contribution in [3.05, 3.63) is 11.1 Å². The van der Waals surface area contributed by atoms with Gasteiger partial charge in [0.1, 0.15) is 0 Å². The topological polar surface area (TPSA) is 16.1 Å². The third-order valence-corrected chi connectivity index (χ3v) is 5.17. The first-order chi connectivity index (χ1) is 8.24. The van der Waals surface area contributed by atoms with Gasteiger partial charge in [0.05, 0.1) is 11.6 Å². The van der Waals surface area contributed by atoms with Crippen molar-refractivity contribution in [2.45, 2.75) is 50.9 Å². The molecule has 0 bridgehead atoms. The molecule has 0 unspecified atom stereocenters. The first-order valence-electron chi connectivity index (χ1n) is 6.47. The van der Waals surface area contributed by atoms with E-state index < -0.39 is 0 Å². The van der Waals surface area contributed by atoms with Crippen molar-refractivity contribution in [1.82, 2.24) is 4.98 Å². The van der Waals surface area contributed by atoms with Gasteiger partial charge in [-0.05, 0) is 31.6 Å². The second-order valence-electron chi connectivity index (χ2n) is 4.95. The molecule has 1 heterocycles. The van der Waals surface area contributed by atoms with Gasteiger partial charge in [0.25, 0.3) is 0 Å². The number of hydrogen-bond acceptors (Lipinski definition) is 3. The van der Waals surface area contributed by atoms with E-state index in [-0.39, 0.29) is 0 Å². The zero-order valence-corrected chi connectivity index (χ0v) is 12.2. The summed E-state index contributed by atoms with van der Waals surface area (Å²) in [5.74, 6) is 1.47. The van der Waals surface area contributed by atoms with Gasteiger partial charge >= 0.3 is 0 Å². The van der Waals surface area contributed by atoms with Crippen LogP contribution in [0.15, 0.2) is 5.38 Å². The normalized spacial score (nSPS) is 24.9. The number of nitrogens with zero attached hydrogens (tertiary/aromatic N) is 2. The first kappa shape index (κ1) is 13.2. The van der Waals surface area contributed by atoms with Crippen LogP contribution >= 0.6 is 22.9 Å². The number of alkyl halides is 1. The average molecular weight is 273 g/mol. The van der Waals surface area contributed by atoms with Crippen molar-refractivity contribution in [3.63, 3.8) is 0 Å². The van der Waals surface area contributed by atoms with Crippen LogP contribution in [0.25, 0.3) is 0 Å². The predicted molar refractivity (Wildman–Crippen MR) is 76.1 cm³/mol. The van der Waals surface area contributed by atoms with E-state index in [1.54, 1.807) is 11.3 Å². The fraction of sp³-hybridized carbons (Fsp3) is 0.769. The van der Waals surface area contributed by atoms with E-state index >= 15 is 0 Å². The molecule has 0 spiro atoms. The van der Waals surface area contributed by atoms with Crippen LogP contribution in [0.4, 0.5) is 5.13 Å². The quantitative estimate of drug-likeness (QED) is 0.761. The average Bonchev–Trinajstić information content (AvgIpc) is 2.87. The highest BCUT2D eigenvalue weighted by Gasteiger charge is 2.24. The van der Waals surface area contributed by atoms with Crippen molar-refractivity contribution in [2.75, 3.05) is 11.9 Å². The number of rotatable bonds is 4. The van der Waals surface area contributed by atoms with E-state index in [0.29, 0.717) is 11.9 Å². The maximum atomic E-state index is 5.79. The monoisotopic (exact) mass is 272 g/mol. The third-order valence-electron chi connectivity index (χ3n) is 3.92. The molecule has 1 aromatic heterocycles. The Hall–Kier alpha value is -0.280. The summed E-state index contributed by atoms with van der Waals surface area (Å²) in [5.41, 5.74) is 1.00. The molecule has 4 heteroatoms. The highest BCUT2D eigenvalue weighted by atomic mass is 35.5. The lowest BCUT2D eigenvalue weighted by atomic mass is 9.84. The van der Waals surface area contributed by atoms with Gasteiger partial charge < -0.3 is 4.90 Å². The molecule has 2 rings (SSSR count). The molecule has 0 N–H and O–H groups in total. The molecule has 1 aromatic rings. The molecule has 0 aromatic carbocycles. The lowest BCUT2D eigenvalue weighted by molar-refractivity contribution is 0.313. The Morgan fingerprint density at radius 3 is 2.65 bits per heavy atom. The van der Waals surface area contributed by atoms with E-state index in [2.05, 4.69) is 29.2 Å². The molecular formula is C13H21ClN2S. The number of aromatic nitrogens is 1. The van der Waals surface area contributed by atoms with E-state index in [1.165, 1.54) is 32.1 Å². The minimum atomic E-state index is 0.521. The largest absolute Gasteiger partial charge is 0.348 e. The minimum absolute atomic E-state index is 0.521. The van der Waals surface area contributed by atoms with Crippen molar-refractivity contribution in [3.8, 4) is 0 Å². The first-order valence-corrected chi connectivity index (χ1v) is 7.89. The van der Waals surface area contributed by atoms with Crippen molar-refractivity contribution < 1.29 is 0 Å². The summed E-state index contributed by atoms with van der Waals surface area (Å²) in [5, 5.41) is 3.19. The SMILES string of the molecule is CCC1CCC(N(C)c2nc(CCl)cs2)CC1. The fourth-order valence-corrected chi connectivity index (χ4v) is 3.71. The molecule has 0 radical (unpaired) electrons. The Balaban J connectivity index is 1.94. The summed E-state index contributed by atoms with van der Waals surface area (Å²) in [4.78, 5) is 6.91. The van der Waals surface area contributed by atoms with Crippen LogP contribution in [0.5, 0.6) is 0 Å². The maximum absolute atomic E-state index is 5.79. The lowest BCUT2D eigenvalue weighted by Gasteiger charge is -2.34. The maximum Gasteiger partial charge on any atom is 0.185 e. The molecule has 1 saturated carbocycles. The predicted octanol–water partition coefficient (Wildman–Crippen LogP) is 4.29. The Bertz CT molecular complexity index is 345. The Kier molecular flexibility index (Phi) is 4.69. The van der Waals surface area contributed by atoms with Gasteiger partial charge in [-0.25, -0.2) is 4.98 Å². The summed E-state index contributed by atoms with van der Waals surface area (Å²) in [6.07, 6.45) is 6.71. The zero-order valence-electron chi connectivity index (χ0n) is 10.7. The molecule has 2 nitrogen and oxygen atoms in total. The van der Waals surface area contributed by atoms with Crippen LogP contribution in [0.3, 0.4) is 0 Å². The molecular weight excluding hydrogens is 252 g/mol. The van der Waals surface area contributed by atoms with Crippen LogP contribution in [0.2, 0.25) is 0 Å². The second kappa shape index (κ2) is 6.05. The van der Waals surface area contributed by atoms with Crippen LogP contribution in [0.1, 0.15) is 44.7 Å². The van der Waals surface area contributed by atoms with Gasteiger partial charge in [-0.3, -0.25) is 0 Å². The van der Waals surface area contributed by atoms with Crippen molar-refractivity contribution >= 4 is 28.1 Å². The van der Waals surface area contributed by atoms with Gasteiger partial charge in [0, 0.05) is 18.5 Å².